The Kier molecular flexibility index (Phi) is 3.55. The summed E-state index contributed by atoms with van der Waals surface area (Å²) in [6.45, 7) is 0. The molecule has 0 aromatic heterocycles. The van der Waals surface area contributed by atoms with E-state index in [9.17, 15) is 4.79 Å². The number of rotatable bonds is 0. The SMILES string of the molecule is O=C1/C2=C/CCCCCCC2Sc2ccccc21. The molecule has 0 N–H and O–H groups in total. The topological polar surface area (TPSA) is 17.1 Å². The van der Waals surface area contributed by atoms with Crippen molar-refractivity contribution in [3.63, 3.8) is 0 Å². The average Bonchev–Trinajstić information content (AvgIpc) is 2.51. The molecule has 0 saturated heterocycles. The Balaban J connectivity index is 1.98. The Morgan fingerprint density at radius 3 is 2.83 bits per heavy atom. The lowest BCUT2D eigenvalue weighted by Crippen LogP contribution is -2.21. The van der Waals surface area contributed by atoms with Gasteiger partial charge in [0.1, 0.15) is 0 Å². The highest BCUT2D eigenvalue weighted by Gasteiger charge is 2.30. The van der Waals surface area contributed by atoms with E-state index in [0.717, 1.165) is 24.0 Å². The highest BCUT2D eigenvalue weighted by atomic mass is 32.2. The first kappa shape index (κ1) is 12.0. The molecule has 1 heterocycles. The van der Waals surface area contributed by atoms with Crippen LogP contribution in [0.5, 0.6) is 0 Å². The van der Waals surface area contributed by atoms with Gasteiger partial charge in [-0.2, -0.15) is 0 Å². The molecule has 0 amide bonds. The Bertz CT molecular complexity index is 490. The number of benzene rings is 1. The van der Waals surface area contributed by atoms with Crippen LogP contribution in [0.1, 0.15) is 48.9 Å². The van der Waals surface area contributed by atoms with Crippen LogP contribution in [0.3, 0.4) is 0 Å². The van der Waals surface area contributed by atoms with Crippen LogP contribution < -0.4 is 0 Å². The van der Waals surface area contributed by atoms with Crippen molar-refractivity contribution in [3.8, 4) is 0 Å². The maximum absolute atomic E-state index is 12.5. The van der Waals surface area contributed by atoms with Crippen LogP contribution in [0.15, 0.2) is 40.8 Å². The fraction of sp³-hybridized carbons (Fsp3) is 0.438. The quantitative estimate of drug-likeness (QED) is 0.675. The van der Waals surface area contributed by atoms with Crippen LogP contribution in [0.2, 0.25) is 0 Å². The van der Waals surface area contributed by atoms with Crippen LogP contribution in [0.4, 0.5) is 0 Å². The highest BCUT2D eigenvalue weighted by molar-refractivity contribution is 8.00. The van der Waals surface area contributed by atoms with Gasteiger partial charge in [0.05, 0.1) is 0 Å². The minimum atomic E-state index is 0.274. The number of carbonyl (C=O) groups is 1. The maximum atomic E-state index is 12.5. The summed E-state index contributed by atoms with van der Waals surface area (Å²) in [5, 5.41) is 0.394. The van der Waals surface area contributed by atoms with Gasteiger partial charge in [0, 0.05) is 21.3 Å². The predicted molar refractivity (Wildman–Crippen MR) is 76.2 cm³/mol. The van der Waals surface area contributed by atoms with Gasteiger partial charge in [-0.15, -0.1) is 11.8 Å². The van der Waals surface area contributed by atoms with Crippen LogP contribution >= 0.6 is 11.8 Å². The van der Waals surface area contributed by atoms with Crippen LogP contribution in [0.25, 0.3) is 0 Å². The summed E-state index contributed by atoms with van der Waals surface area (Å²) in [5.41, 5.74) is 1.98. The zero-order valence-corrected chi connectivity index (χ0v) is 11.3. The second-order valence-corrected chi connectivity index (χ2v) is 6.33. The van der Waals surface area contributed by atoms with Gasteiger partial charge in [-0.25, -0.2) is 0 Å². The summed E-state index contributed by atoms with van der Waals surface area (Å²) in [7, 11) is 0. The summed E-state index contributed by atoms with van der Waals surface area (Å²) in [6.07, 6.45) is 9.54. The molecule has 0 bridgehead atoms. The van der Waals surface area contributed by atoms with Gasteiger partial charge in [-0.1, -0.05) is 37.5 Å². The molecule has 0 spiro atoms. The molecule has 1 unspecified atom stereocenters. The molecule has 18 heavy (non-hydrogen) atoms. The number of allylic oxidation sites excluding steroid dienone is 1. The minimum absolute atomic E-state index is 0.274. The zero-order valence-electron chi connectivity index (χ0n) is 10.5. The molecule has 1 aliphatic carbocycles. The summed E-state index contributed by atoms with van der Waals surface area (Å²) < 4.78 is 0. The lowest BCUT2D eigenvalue weighted by atomic mass is 9.96. The fourth-order valence-electron chi connectivity index (χ4n) is 2.80. The molecule has 0 fully saturated rings. The van der Waals surface area contributed by atoms with E-state index in [2.05, 4.69) is 12.1 Å². The largest absolute Gasteiger partial charge is 0.289 e. The number of thioether (sulfide) groups is 1. The van der Waals surface area contributed by atoms with Crippen molar-refractivity contribution in [1.29, 1.82) is 0 Å². The molecular weight excluding hydrogens is 240 g/mol. The third kappa shape index (κ3) is 2.26. The first-order chi connectivity index (χ1) is 8.86. The standard InChI is InChI=1S/C16H18OS/c17-16-12-8-4-2-1-3-5-10-14(12)18-15-11-7-6-9-13(15)16/h6-9,11,14H,1-5,10H2/b12-8+. The summed E-state index contributed by atoms with van der Waals surface area (Å²) in [6, 6.07) is 8.05. The Morgan fingerprint density at radius 1 is 1.06 bits per heavy atom. The third-order valence-corrected chi connectivity index (χ3v) is 5.18. The Labute approximate surface area is 113 Å². The second kappa shape index (κ2) is 5.31. The number of hydrogen-bond acceptors (Lipinski definition) is 2. The van der Waals surface area contributed by atoms with Gasteiger partial charge in [-0.05, 0) is 31.4 Å². The van der Waals surface area contributed by atoms with E-state index in [4.69, 9.17) is 0 Å². The smallest absolute Gasteiger partial charge is 0.190 e. The first-order valence-electron chi connectivity index (χ1n) is 6.87. The van der Waals surface area contributed by atoms with Gasteiger partial charge in [0.2, 0.25) is 0 Å². The molecule has 2 heteroatoms. The van der Waals surface area contributed by atoms with Crippen molar-refractivity contribution in [2.45, 2.75) is 48.7 Å². The molecule has 3 rings (SSSR count). The van der Waals surface area contributed by atoms with E-state index in [1.54, 1.807) is 0 Å². The lowest BCUT2D eigenvalue weighted by molar-refractivity contribution is 0.102. The van der Waals surface area contributed by atoms with Crippen LogP contribution in [0, 0.1) is 0 Å². The summed E-state index contributed by atoms with van der Waals surface area (Å²) >= 11 is 1.89. The summed E-state index contributed by atoms with van der Waals surface area (Å²) in [4.78, 5) is 13.7. The zero-order chi connectivity index (χ0) is 12.4. The van der Waals surface area contributed by atoms with Crippen molar-refractivity contribution in [2.75, 3.05) is 0 Å². The number of ketones is 1. The van der Waals surface area contributed by atoms with Gasteiger partial charge in [-0.3, -0.25) is 4.79 Å². The van der Waals surface area contributed by atoms with Crippen molar-refractivity contribution >= 4 is 17.5 Å². The molecule has 1 aliphatic heterocycles. The molecule has 1 nitrogen and oxygen atoms in total. The maximum Gasteiger partial charge on any atom is 0.190 e. The van der Waals surface area contributed by atoms with E-state index < -0.39 is 0 Å². The van der Waals surface area contributed by atoms with Gasteiger partial charge in [0.25, 0.3) is 0 Å². The molecular formula is C16H18OS. The van der Waals surface area contributed by atoms with E-state index in [0.29, 0.717) is 5.25 Å². The van der Waals surface area contributed by atoms with Crippen molar-refractivity contribution in [1.82, 2.24) is 0 Å². The second-order valence-electron chi connectivity index (χ2n) is 5.08. The minimum Gasteiger partial charge on any atom is -0.289 e. The normalized spacial score (nSPS) is 27.0. The number of Topliss-reactive ketones (excluding diaryl/α,β-unsaturated/α-hetero) is 1. The van der Waals surface area contributed by atoms with Crippen molar-refractivity contribution < 1.29 is 4.79 Å². The monoisotopic (exact) mass is 258 g/mol. The van der Waals surface area contributed by atoms with E-state index in [1.165, 1.54) is 30.6 Å². The number of fused-ring (bicyclic) bond motifs is 2. The molecule has 2 aliphatic rings. The fourth-order valence-corrected chi connectivity index (χ4v) is 4.17. The first-order valence-corrected chi connectivity index (χ1v) is 7.74. The molecule has 1 atom stereocenters. The van der Waals surface area contributed by atoms with E-state index in [-0.39, 0.29) is 5.78 Å². The lowest BCUT2D eigenvalue weighted by Gasteiger charge is -2.25. The predicted octanol–water partition coefficient (Wildman–Crippen LogP) is 4.62. The van der Waals surface area contributed by atoms with Crippen LogP contribution in [-0.4, -0.2) is 11.0 Å². The van der Waals surface area contributed by atoms with E-state index >= 15 is 0 Å². The Morgan fingerprint density at radius 2 is 1.89 bits per heavy atom. The average molecular weight is 258 g/mol. The number of carbonyl (C=O) groups excluding carboxylic acids is 1. The third-order valence-electron chi connectivity index (χ3n) is 3.79. The van der Waals surface area contributed by atoms with Gasteiger partial charge in [0.15, 0.2) is 5.78 Å². The van der Waals surface area contributed by atoms with Crippen LogP contribution in [-0.2, 0) is 0 Å². The number of hydrogen-bond donors (Lipinski definition) is 0. The molecule has 94 valence electrons. The van der Waals surface area contributed by atoms with Gasteiger partial charge < -0.3 is 0 Å². The molecule has 0 radical (unpaired) electrons. The van der Waals surface area contributed by atoms with E-state index in [1.807, 2.05) is 30.0 Å². The molecule has 1 aromatic rings. The summed E-state index contributed by atoms with van der Waals surface area (Å²) in [5.74, 6) is 0.274. The Hall–Kier alpha value is -1.02. The van der Waals surface area contributed by atoms with Gasteiger partial charge >= 0.3 is 0 Å². The molecule has 0 saturated carbocycles. The highest BCUT2D eigenvalue weighted by Crippen LogP contribution is 2.41. The van der Waals surface area contributed by atoms with Crippen molar-refractivity contribution in [3.05, 3.63) is 41.5 Å². The van der Waals surface area contributed by atoms with Crippen molar-refractivity contribution in [2.24, 2.45) is 0 Å². The molecule has 1 aromatic carbocycles.